The number of amides is 3. The third-order valence-corrected chi connectivity index (χ3v) is 4.21. The lowest BCUT2D eigenvalue weighted by Crippen LogP contribution is -2.49. The van der Waals surface area contributed by atoms with Crippen LogP contribution in [0.3, 0.4) is 0 Å². The number of hydroxylamine groups is 2. The molecule has 1 N–H and O–H groups in total. The molecule has 0 aromatic heterocycles. The van der Waals surface area contributed by atoms with Gasteiger partial charge < -0.3 is 10.2 Å². The second-order valence-electron chi connectivity index (χ2n) is 6.10. The molecule has 2 rings (SSSR count). The molecule has 0 radical (unpaired) electrons. The minimum atomic E-state index is -0.927. The summed E-state index contributed by atoms with van der Waals surface area (Å²) < 4.78 is 0. The topological polar surface area (TPSA) is 96.0 Å². The molecular weight excluding hydrogens is 346 g/mol. The highest BCUT2D eigenvalue weighted by atomic mass is 32.1. The van der Waals surface area contributed by atoms with Crippen molar-refractivity contribution in [3.8, 4) is 0 Å². The van der Waals surface area contributed by atoms with E-state index >= 15 is 0 Å². The van der Waals surface area contributed by atoms with Gasteiger partial charge in [-0.1, -0.05) is 6.42 Å². The van der Waals surface area contributed by atoms with E-state index in [0.717, 1.165) is 19.4 Å². The molecule has 2 fully saturated rings. The molecule has 2 aliphatic heterocycles. The van der Waals surface area contributed by atoms with Crippen LogP contribution in [0.25, 0.3) is 0 Å². The highest BCUT2D eigenvalue weighted by Gasteiger charge is 2.34. The van der Waals surface area contributed by atoms with E-state index in [0.29, 0.717) is 11.1 Å². The van der Waals surface area contributed by atoms with Gasteiger partial charge in [0.2, 0.25) is 5.91 Å². The summed E-state index contributed by atoms with van der Waals surface area (Å²) in [6.07, 6.45) is 5.07. The number of hydrogen-bond donors (Lipinski definition) is 2. The number of imide groups is 1. The molecule has 142 valence electrons. The predicted octanol–water partition coefficient (Wildman–Crippen LogP) is 0.519. The van der Waals surface area contributed by atoms with E-state index in [9.17, 15) is 19.2 Å². The predicted molar refractivity (Wildman–Crippen MR) is 94.6 cm³/mol. The highest BCUT2D eigenvalue weighted by molar-refractivity contribution is 7.79. The lowest BCUT2D eigenvalue weighted by molar-refractivity contribution is -0.198. The van der Waals surface area contributed by atoms with Gasteiger partial charge in [0.25, 0.3) is 11.8 Å². The van der Waals surface area contributed by atoms with Crippen LogP contribution in [0.4, 0.5) is 0 Å². The minimum absolute atomic E-state index is 0.0414. The second kappa shape index (κ2) is 10.4. The fourth-order valence-electron chi connectivity index (χ4n) is 2.75. The van der Waals surface area contributed by atoms with E-state index in [4.69, 9.17) is 4.84 Å². The molecule has 0 saturated carbocycles. The standard InChI is InChI=1S/C15H23N3O5.CH4S/c1-10-5-3-4-8-17(10)9-12(19)16-11(2)15(22)23-18-13(20)6-7-14(18)21;1-2/h10-11H,3-9H2,1-2H3,(H,16,19);2H,1H3. The Morgan fingerprint density at radius 3 is 2.40 bits per heavy atom. The number of carbonyl (C=O) groups excluding carboxylic acids is 4. The van der Waals surface area contributed by atoms with Crippen molar-refractivity contribution in [3.63, 3.8) is 0 Å². The molecule has 2 heterocycles. The van der Waals surface area contributed by atoms with Crippen molar-refractivity contribution < 1.29 is 24.0 Å². The van der Waals surface area contributed by atoms with Crippen molar-refractivity contribution in [1.29, 1.82) is 0 Å². The van der Waals surface area contributed by atoms with Crippen LogP contribution in [-0.2, 0) is 24.0 Å². The van der Waals surface area contributed by atoms with Gasteiger partial charge in [-0.25, -0.2) is 4.79 Å². The summed E-state index contributed by atoms with van der Waals surface area (Å²) in [5, 5.41) is 3.03. The molecule has 0 bridgehead atoms. The molecule has 9 heteroatoms. The summed E-state index contributed by atoms with van der Waals surface area (Å²) in [6, 6.07) is -0.583. The van der Waals surface area contributed by atoms with Crippen LogP contribution in [0, 0.1) is 0 Å². The Morgan fingerprint density at radius 1 is 1.24 bits per heavy atom. The van der Waals surface area contributed by atoms with Gasteiger partial charge in [0.05, 0.1) is 6.54 Å². The molecule has 3 amide bonds. The third-order valence-electron chi connectivity index (χ3n) is 4.21. The Hall–Kier alpha value is -1.61. The SMILES string of the molecule is CC(NC(=O)CN1CCCCC1C)C(=O)ON1C(=O)CCC1=O.CS. The molecule has 2 unspecified atom stereocenters. The second-order valence-corrected chi connectivity index (χ2v) is 6.10. The van der Waals surface area contributed by atoms with Crippen LogP contribution in [0.1, 0.15) is 46.0 Å². The number of piperidine rings is 1. The number of nitrogens with zero attached hydrogens (tertiary/aromatic N) is 2. The zero-order valence-electron chi connectivity index (χ0n) is 15.0. The number of likely N-dealkylation sites (tertiary alicyclic amines) is 1. The molecule has 2 saturated heterocycles. The summed E-state index contributed by atoms with van der Waals surface area (Å²) in [7, 11) is 0. The van der Waals surface area contributed by atoms with Gasteiger partial charge >= 0.3 is 5.97 Å². The van der Waals surface area contributed by atoms with Crippen LogP contribution >= 0.6 is 12.6 Å². The molecule has 2 atom stereocenters. The van der Waals surface area contributed by atoms with Gasteiger partial charge in [-0.15, -0.1) is 5.06 Å². The molecule has 0 aliphatic carbocycles. The van der Waals surface area contributed by atoms with Gasteiger partial charge in [-0.2, -0.15) is 12.6 Å². The first-order valence-electron chi connectivity index (χ1n) is 8.44. The van der Waals surface area contributed by atoms with Crippen molar-refractivity contribution in [2.24, 2.45) is 0 Å². The lowest BCUT2D eigenvalue weighted by atomic mass is 10.0. The van der Waals surface area contributed by atoms with Crippen molar-refractivity contribution >= 4 is 36.3 Å². The largest absolute Gasteiger partial charge is 0.354 e. The van der Waals surface area contributed by atoms with E-state index in [1.54, 1.807) is 6.26 Å². The molecule has 0 spiro atoms. The fraction of sp³-hybridized carbons (Fsp3) is 0.750. The highest BCUT2D eigenvalue weighted by Crippen LogP contribution is 2.16. The lowest BCUT2D eigenvalue weighted by Gasteiger charge is -2.32. The molecular formula is C16H27N3O5S. The fourth-order valence-corrected chi connectivity index (χ4v) is 2.75. The smallest absolute Gasteiger partial charge is 0.342 e. The normalized spacial score (nSPS) is 22.1. The molecule has 25 heavy (non-hydrogen) atoms. The quantitative estimate of drug-likeness (QED) is 0.539. The van der Waals surface area contributed by atoms with Crippen LogP contribution in [0.2, 0.25) is 0 Å². The van der Waals surface area contributed by atoms with Gasteiger partial charge in [0.15, 0.2) is 0 Å². The maximum absolute atomic E-state index is 12.0. The Bertz CT molecular complexity index is 498. The van der Waals surface area contributed by atoms with Crippen LogP contribution in [-0.4, -0.2) is 65.1 Å². The van der Waals surface area contributed by atoms with E-state index in [1.807, 2.05) is 0 Å². The number of nitrogens with one attached hydrogen (secondary N) is 1. The minimum Gasteiger partial charge on any atom is -0.342 e. The first-order chi connectivity index (χ1) is 11.9. The average molecular weight is 373 g/mol. The summed E-state index contributed by atoms with van der Waals surface area (Å²) in [5.41, 5.74) is 0. The number of thiol groups is 1. The summed E-state index contributed by atoms with van der Waals surface area (Å²) in [5.74, 6) is -2.18. The molecule has 8 nitrogen and oxygen atoms in total. The van der Waals surface area contributed by atoms with Crippen molar-refractivity contribution in [2.75, 3.05) is 19.3 Å². The van der Waals surface area contributed by atoms with Crippen LogP contribution < -0.4 is 5.32 Å². The summed E-state index contributed by atoms with van der Waals surface area (Å²) in [4.78, 5) is 53.6. The number of rotatable bonds is 5. The summed E-state index contributed by atoms with van der Waals surface area (Å²) >= 11 is 3.53. The van der Waals surface area contributed by atoms with Gasteiger partial charge in [-0.3, -0.25) is 19.3 Å². The van der Waals surface area contributed by atoms with Crippen molar-refractivity contribution in [2.45, 2.75) is 58.0 Å². The zero-order valence-corrected chi connectivity index (χ0v) is 15.9. The van der Waals surface area contributed by atoms with E-state index in [1.165, 1.54) is 13.3 Å². The summed E-state index contributed by atoms with van der Waals surface area (Å²) in [6.45, 7) is 4.63. The third kappa shape index (κ3) is 6.32. The monoisotopic (exact) mass is 373 g/mol. The molecule has 0 aromatic carbocycles. The van der Waals surface area contributed by atoms with E-state index in [-0.39, 0.29) is 25.3 Å². The van der Waals surface area contributed by atoms with Gasteiger partial charge in [0.1, 0.15) is 6.04 Å². The Balaban J connectivity index is 0.00000151. The zero-order chi connectivity index (χ0) is 19.0. The van der Waals surface area contributed by atoms with Gasteiger partial charge in [0, 0.05) is 18.9 Å². The Labute approximate surface area is 153 Å². The Morgan fingerprint density at radius 2 is 1.84 bits per heavy atom. The van der Waals surface area contributed by atoms with Gasteiger partial charge in [-0.05, 0) is 39.5 Å². The van der Waals surface area contributed by atoms with Crippen LogP contribution in [0.5, 0.6) is 0 Å². The first kappa shape index (κ1) is 21.4. The number of carbonyl (C=O) groups is 4. The van der Waals surface area contributed by atoms with Crippen molar-refractivity contribution in [1.82, 2.24) is 15.3 Å². The average Bonchev–Trinajstić information content (AvgIpc) is 2.90. The van der Waals surface area contributed by atoms with E-state index in [2.05, 4.69) is 29.8 Å². The molecule has 2 aliphatic rings. The number of hydrogen-bond acceptors (Lipinski definition) is 7. The molecule has 0 aromatic rings. The van der Waals surface area contributed by atoms with Crippen LogP contribution in [0.15, 0.2) is 0 Å². The maximum Gasteiger partial charge on any atom is 0.354 e. The Kier molecular flexibility index (Phi) is 8.91. The first-order valence-corrected chi connectivity index (χ1v) is 9.33. The maximum atomic E-state index is 12.0. The van der Waals surface area contributed by atoms with Crippen molar-refractivity contribution in [3.05, 3.63) is 0 Å². The van der Waals surface area contributed by atoms with E-state index < -0.39 is 23.8 Å².